The number of piperidine rings is 1. The van der Waals surface area contributed by atoms with Crippen molar-refractivity contribution < 1.29 is 18.0 Å². The number of para-hydroxylation sites is 1. The van der Waals surface area contributed by atoms with Crippen molar-refractivity contribution in [3.05, 3.63) is 29.8 Å². The second kappa shape index (κ2) is 7.90. The molecule has 0 bridgehead atoms. The van der Waals surface area contributed by atoms with Gasteiger partial charge in [0.05, 0.1) is 17.4 Å². The zero-order valence-electron chi connectivity index (χ0n) is 14.1. The van der Waals surface area contributed by atoms with Gasteiger partial charge in [-0.25, -0.2) is 12.7 Å². The molecular weight excluding hydrogens is 328 g/mol. The van der Waals surface area contributed by atoms with Gasteiger partial charge in [0.2, 0.25) is 15.9 Å². The summed E-state index contributed by atoms with van der Waals surface area (Å²) in [5.41, 5.74) is 0.931. The number of sulfonamides is 1. The lowest BCUT2D eigenvalue weighted by molar-refractivity contribution is -0.120. The van der Waals surface area contributed by atoms with Gasteiger partial charge in [0, 0.05) is 18.7 Å². The summed E-state index contributed by atoms with van der Waals surface area (Å²) in [5.74, 6) is -0.652. The van der Waals surface area contributed by atoms with Crippen molar-refractivity contribution >= 4 is 27.4 Å². The van der Waals surface area contributed by atoms with E-state index in [-0.39, 0.29) is 24.0 Å². The number of hydrogen-bond donors (Lipinski definition) is 1. The van der Waals surface area contributed by atoms with Gasteiger partial charge in [-0.2, -0.15) is 0 Å². The molecule has 0 radical (unpaired) electrons. The number of hydrogen-bond acceptors (Lipinski definition) is 4. The molecule has 1 fully saturated rings. The van der Waals surface area contributed by atoms with Gasteiger partial charge in [0.1, 0.15) is 0 Å². The van der Waals surface area contributed by atoms with E-state index in [0.717, 1.165) is 0 Å². The van der Waals surface area contributed by atoms with Crippen molar-refractivity contribution in [1.82, 2.24) is 4.31 Å². The van der Waals surface area contributed by atoms with E-state index >= 15 is 0 Å². The number of carbonyl (C=O) groups is 2. The van der Waals surface area contributed by atoms with Crippen molar-refractivity contribution in [1.29, 1.82) is 0 Å². The molecule has 1 heterocycles. The van der Waals surface area contributed by atoms with Gasteiger partial charge in [0.25, 0.3) is 0 Å². The highest BCUT2D eigenvalue weighted by molar-refractivity contribution is 7.89. The molecule has 0 saturated carbocycles. The van der Waals surface area contributed by atoms with Crippen LogP contribution in [0.3, 0.4) is 0 Å². The molecular formula is C17H24N2O4S. The van der Waals surface area contributed by atoms with Gasteiger partial charge in [0.15, 0.2) is 5.78 Å². The number of benzene rings is 1. The van der Waals surface area contributed by atoms with Crippen LogP contribution in [0.25, 0.3) is 0 Å². The average molecular weight is 352 g/mol. The normalized spacial score (nSPS) is 19.0. The summed E-state index contributed by atoms with van der Waals surface area (Å²) >= 11 is 0. The molecule has 1 atom stereocenters. The Balaban J connectivity index is 2.09. The molecule has 132 valence electrons. The Hall–Kier alpha value is -1.73. The summed E-state index contributed by atoms with van der Waals surface area (Å²) in [6, 6.07) is 6.84. The monoisotopic (exact) mass is 352 g/mol. The molecule has 0 aromatic heterocycles. The number of rotatable bonds is 6. The van der Waals surface area contributed by atoms with Gasteiger partial charge in [-0.15, -0.1) is 0 Å². The highest BCUT2D eigenvalue weighted by atomic mass is 32.2. The van der Waals surface area contributed by atoms with Crippen LogP contribution in [0, 0.1) is 5.92 Å². The maximum Gasteiger partial charge on any atom is 0.228 e. The topological polar surface area (TPSA) is 83.6 Å². The second-order valence-corrected chi connectivity index (χ2v) is 8.19. The third kappa shape index (κ3) is 4.42. The SMILES string of the molecule is CCCS(=O)(=O)N1CCCC(C(=O)Nc2ccccc2C(C)=O)C1. The van der Waals surface area contributed by atoms with Gasteiger partial charge in [-0.3, -0.25) is 9.59 Å². The number of anilines is 1. The predicted molar refractivity (Wildman–Crippen MR) is 93.5 cm³/mol. The van der Waals surface area contributed by atoms with E-state index in [4.69, 9.17) is 0 Å². The number of ketones is 1. The summed E-state index contributed by atoms with van der Waals surface area (Å²) in [7, 11) is -3.30. The molecule has 1 aliphatic rings. The van der Waals surface area contributed by atoms with Crippen molar-refractivity contribution in [2.75, 3.05) is 24.2 Å². The summed E-state index contributed by atoms with van der Waals surface area (Å²) in [4.78, 5) is 24.2. The zero-order chi connectivity index (χ0) is 17.7. The van der Waals surface area contributed by atoms with Gasteiger partial charge in [-0.1, -0.05) is 19.1 Å². The van der Waals surface area contributed by atoms with Crippen LogP contribution in [0.1, 0.15) is 43.5 Å². The predicted octanol–water partition coefficient (Wildman–Crippen LogP) is 2.28. The highest BCUT2D eigenvalue weighted by Gasteiger charge is 2.32. The first kappa shape index (κ1) is 18.6. The molecule has 6 nitrogen and oxygen atoms in total. The standard InChI is InChI=1S/C17H24N2O4S/c1-3-11-24(22,23)19-10-6-7-14(12-19)17(21)18-16-9-5-4-8-15(16)13(2)20/h4-5,8-9,14H,3,6-7,10-12H2,1-2H3,(H,18,21). The van der Waals surface area contributed by atoms with Crippen LogP contribution >= 0.6 is 0 Å². The Bertz CT molecular complexity index is 715. The van der Waals surface area contributed by atoms with E-state index in [0.29, 0.717) is 37.1 Å². The minimum Gasteiger partial charge on any atom is -0.325 e. The molecule has 1 aromatic rings. The fourth-order valence-corrected chi connectivity index (χ4v) is 4.52. The Labute approximate surface area is 143 Å². The summed E-state index contributed by atoms with van der Waals surface area (Å²) < 4.78 is 25.8. The molecule has 7 heteroatoms. The first-order valence-corrected chi connectivity index (χ1v) is 9.84. The van der Waals surface area contributed by atoms with Gasteiger partial charge < -0.3 is 5.32 Å². The molecule has 1 amide bonds. The number of nitrogens with one attached hydrogen (secondary N) is 1. The van der Waals surface area contributed by atoms with E-state index in [1.54, 1.807) is 24.3 Å². The largest absolute Gasteiger partial charge is 0.325 e. The van der Waals surface area contributed by atoms with Gasteiger partial charge >= 0.3 is 0 Å². The Morgan fingerprint density at radius 2 is 2.00 bits per heavy atom. The third-order valence-corrected chi connectivity index (χ3v) is 6.22. The first-order chi connectivity index (χ1) is 11.3. The quantitative estimate of drug-likeness (QED) is 0.796. The van der Waals surface area contributed by atoms with Gasteiger partial charge in [-0.05, 0) is 38.3 Å². The zero-order valence-corrected chi connectivity index (χ0v) is 14.9. The van der Waals surface area contributed by atoms with E-state index in [1.807, 2.05) is 6.92 Å². The molecule has 24 heavy (non-hydrogen) atoms. The second-order valence-electron chi connectivity index (χ2n) is 6.10. The molecule has 1 unspecified atom stereocenters. The molecule has 1 saturated heterocycles. The van der Waals surface area contributed by atoms with Crippen molar-refractivity contribution in [2.24, 2.45) is 5.92 Å². The summed E-state index contributed by atoms with van der Waals surface area (Å²) in [6.45, 7) is 3.95. The van der Waals surface area contributed by atoms with E-state index in [9.17, 15) is 18.0 Å². The maximum absolute atomic E-state index is 12.5. The van der Waals surface area contributed by atoms with Crippen LogP contribution in [0.5, 0.6) is 0 Å². The molecule has 0 aliphatic carbocycles. The minimum atomic E-state index is -3.30. The third-order valence-electron chi connectivity index (χ3n) is 4.17. The molecule has 1 aromatic carbocycles. The Kier molecular flexibility index (Phi) is 6.12. The number of carbonyl (C=O) groups excluding carboxylic acids is 2. The number of amides is 1. The fourth-order valence-electron chi connectivity index (χ4n) is 2.93. The fraction of sp³-hybridized carbons (Fsp3) is 0.529. The average Bonchev–Trinajstić information content (AvgIpc) is 2.55. The van der Waals surface area contributed by atoms with Crippen LogP contribution in [0.4, 0.5) is 5.69 Å². The molecule has 2 rings (SSSR count). The first-order valence-electron chi connectivity index (χ1n) is 8.23. The van der Waals surface area contributed by atoms with Crippen molar-refractivity contribution in [2.45, 2.75) is 33.1 Å². The van der Waals surface area contributed by atoms with Crippen LogP contribution < -0.4 is 5.32 Å². The van der Waals surface area contributed by atoms with E-state index < -0.39 is 15.9 Å². The van der Waals surface area contributed by atoms with Crippen LogP contribution in [0.2, 0.25) is 0 Å². The molecule has 1 N–H and O–H groups in total. The van der Waals surface area contributed by atoms with Crippen LogP contribution in [-0.4, -0.2) is 43.3 Å². The van der Waals surface area contributed by atoms with Crippen molar-refractivity contribution in [3.63, 3.8) is 0 Å². The molecule has 0 spiro atoms. The summed E-state index contributed by atoms with van der Waals surface area (Å²) in [5, 5.41) is 2.78. The number of Topliss-reactive ketones (excluding diaryl/α,β-unsaturated/α-hetero) is 1. The lowest BCUT2D eigenvalue weighted by Crippen LogP contribution is -2.44. The number of nitrogens with zero attached hydrogens (tertiary/aromatic N) is 1. The Morgan fingerprint density at radius 1 is 1.29 bits per heavy atom. The maximum atomic E-state index is 12.5. The smallest absolute Gasteiger partial charge is 0.228 e. The Morgan fingerprint density at radius 3 is 2.67 bits per heavy atom. The minimum absolute atomic E-state index is 0.106. The lowest BCUT2D eigenvalue weighted by Gasteiger charge is -2.31. The van der Waals surface area contributed by atoms with Crippen LogP contribution in [0.15, 0.2) is 24.3 Å². The summed E-state index contributed by atoms with van der Waals surface area (Å²) in [6.07, 6.45) is 1.86. The van der Waals surface area contributed by atoms with E-state index in [1.165, 1.54) is 11.2 Å². The van der Waals surface area contributed by atoms with E-state index in [2.05, 4.69) is 5.32 Å². The molecule has 1 aliphatic heterocycles. The lowest BCUT2D eigenvalue weighted by atomic mass is 9.98. The van der Waals surface area contributed by atoms with Crippen molar-refractivity contribution in [3.8, 4) is 0 Å². The van der Waals surface area contributed by atoms with Crippen LogP contribution in [-0.2, 0) is 14.8 Å². The highest BCUT2D eigenvalue weighted by Crippen LogP contribution is 2.23.